The first-order chi connectivity index (χ1) is 5.13. The normalized spacial score (nSPS) is 49.8. The minimum Gasteiger partial charge on any atom is -0.392 e. The molecule has 11 heavy (non-hydrogen) atoms. The molecule has 3 rings (SSSR count). The van der Waals surface area contributed by atoms with Crippen molar-refractivity contribution in [2.45, 2.75) is 38.7 Å². The number of carbonyl (C=O) groups excluding carboxylic acids is 1. The number of hydrogen-bond donors (Lipinski definition) is 1. The average Bonchev–Trinajstić information content (AvgIpc) is 1.94. The summed E-state index contributed by atoms with van der Waals surface area (Å²) in [4.78, 5) is 11.4. The lowest BCUT2D eigenvalue weighted by Crippen LogP contribution is -2.50. The number of carbonyl (C=O) groups is 1. The summed E-state index contributed by atoms with van der Waals surface area (Å²) in [6.07, 6.45) is 3.25. The standard InChI is InChI=1S/C9H14O2/c1-9-3-2-6(4-7(9)10)5-8(9)11/h6-7,10H,2-5H2,1H3/t6-,7+,9+/m0/s1. The molecule has 0 radical (unpaired) electrons. The Morgan fingerprint density at radius 1 is 1.64 bits per heavy atom. The van der Waals surface area contributed by atoms with E-state index in [2.05, 4.69) is 0 Å². The monoisotopic (exact) mass is 154 g/mol. The van der Waals surface area contributed by atoms with Gasteiger partial charge in [0.15, 0.2) is 0 Å². The minimum absolute atomic E-state index is 0.285. The molecule has 3 aliphatic carbocycles. The predicted molar refractivity (Wildman–Crippen MR) is 41.1 cm³/mol. The van der Waals surface area contributed by atoms with Crippen molar-refractivity contribution >= 4 is 5.78 Å². The largest absolute Gasteiger partial charge is 0.392 e. The van der Waals surface area contributed by atoms with Crippen molar-refractivity contribution in [1.82, 2.24) is 0 Å². The summed E-state index contributed by atoms with van der Waals surface area (Å²) in [5, 5.41) is 9.61. The molecule has 0 heterocycles. The maximum Gasteiger partial charge on any atom is 0.141 e. The Labute approximate surface area is 66.6 Å². The van der Waals surface area contributed by atoms with Crippen LogP contribution in [-0.4, -0.2) is 17.0 Å². The van der Waals surface area contributed by atoms with Gasteiger partial charge in [-0.3, -0.25) is 4.79 Å². The molecule has 0 aromatic carbocycles. The predicted octanol–water partition coefficient (Wildman–Crippen LogP) is 1.13. The molecule has 3 saturated carbocycles. The summed E-state index contributed by atoms with van der Waals surface area (Å²) in [6.45, 7) is 1.91. The molecule has 0 spiro atoms. The maximum atomic E-state index is 11.4. The van der Waals surface area contributed by atoms with Crippen LogP contribution in [0.1, 0.15) is 32.6 Å². The van der Waals surface area contributed by atoms with Crippen LogP contribution in [-0.2, 0) is 4.79 Å². The van der Waals surface area contributed by atoms with Crippen LogP contribution in [0.2, 0.25) is 0 Å². The fourth-order valence-corrected chi connectivity index (χ4v) is 2.37. The molecule has 0 aromatic rings. The van der Waals surface area contributed by atoms with Crippen LogP contribution in [0.4, 0.5) is 0 Å². The summed E-state index contributed by atoms with van der Waals surface area (Å²) >= 11 is 0. The second-order valence-corrected chi connectivity index (χ2v) is 4.20. The van der Waals surface area contributed by atoms with E-state index < -0.39 is 0 Å². The number of fused-ring (bicyclic) bond motifs is 3. The Bertz CT molecular complexity index is 200. The molecule has 1 N–H and O–H groups in total. The van der Waals surface area contributed by atoms with E-state index in [0.29, 0.717) is 12.3 Å². The highest BCUT2D eigenvalue weighted by molar-refractivity contribution is 5.86. The van der Waals surface area contributed by atoms with Crippen molar-refractivity contribution in [3.8, 4) is 0 Å². The van der Waals surface area contributed by atoms with E-state index in [1.54, 1.807) is 0 Å². The first-order valence-corrected chi connectivity index (χ1v) is 4.34. The molecule has 0 amide bonds. The Balaban J connectivity index is 2.30. The van der Waals surface area contributed by atoms with Gasteiger partial charge >= 0.3 is 0 Å². The van der Waals surface area contributed by atoms with Crippen molar-refractivity contribution in [3.05, 3.63) is 0 Å². The first kappa shape index (κ1) is 7.29. The molecule has 3 aliphatic rings. The Morgan fingerprint density at radius 3 is 2.82 bits per heavy atom. The third-order valence-corrected chi connectivity index (χ3v) is 3.48. The third-order valence-electron chi connectivity index (χ3n) is 3.48. The molecular weight excluding hydrogens is 140 g/mol. The van der Waals surface area contributed by atoms with Crippen LogP contribution in [0.25, 0.3) is 0 Å². The van der Waals surface area contributed by atoms with Crippen molar-refractivity contribution in [2.75, 3.05) is 0 Å². The van der Waals surface area contributed by atoms with Crippen LogP contribution in [0, 0.1) is 11.3 Å². The van der Waals surface area contributed by atoms with Gasteiger partial charge in [0.05, 0.1) is 11.5 Å². The van der Waals surface area contributed by atoms with E-state index in [-0.39, 0.29) is 17.3 Å². The fraction of sp³-hybridized carbons (Fsp3) is 0.889. The highest BCUT2D eigenvalue weighted by atomic mass is 16.3. The van der Waals surface area contributed by atoms with Gasteiger partial charge < -0.3 is 5.11 Å². The van der Waals surface area contributed by atoms with Crippen LogP contribution in [0.15, 0.2) is 0 Å². The highest BCUT2D eigenvalue weighted by Crippen LogP contribution is 2.47. The quantitative estimate of drug-likeness (QED) is 0.568. The zero-order valence-electron chi connectivity index (χ0n) is 6.84. The van der Waals surface area contributed by atoms with E-state index in [9.17, 15) is 9.90 Å². The van der Waals surface area contributed by atoms with E-state index >= 15 is 0 Å². The lowest BCUT2D eigenvalue weighted by atomic mass is 9.59. The minimum atomic E-state index is -0.380. The topological polar surface area (TPSA) is 37.3 Å². The molecule has 3 fully saturated rings. The summed E-state index contributed by atoms with van der Waals surface area (Å²) in [6, 6.07) is 0. The van der Waals surface area contributed by atoms with Gasteiger partial charge in [0.2, 0.25) is 0 Å². The molecule has 2 nitrogen and oxygen atoms in total. The third kappa shape index (κ3) is 0.853. The second-order valence-electron chi connectivity index (χ2n) is 4.20. The van der Waals surface area contributed by atoms with Crippen LogP contribution in [0.3, 0.4) is 0 Å². The molecule has 3 atom stereocenters. The van der Waals surface area contributed by atoms with Gasteiger partial charge in [0, 0.05) is 6.42 Å². The van der Waals surface area contributed by atoms with Gasteiger partial charge in [-0.15, -0.1) is 0 Å². The smallest absolute Gasteiger partial charge is 0.141 e. The number of aliphatic hydroxyl groups excluding tert-OH is 1. The Hall–Kier alpha value is -0.370. The average molecular weight is 154 g/mol. The van der Waals surface area contributed by atoms with E-state index in [0.717, 1.165) is 19.3 Å². The summed E-state index contributed by atoms with van der Waals surface area (Å²) in [7, 11) is 0. The zero-order chi connectivity index (χ0) is 8.06. The number of hydrogen-bond acceptors (Lipinski definition) is 2. The number of rotatable bonds is 0. The van der Waals surface area contributed by atoms with Crippen molar-refractivity contribution in [2.24, 2.45) is 11.3 Å². The van der Waals surface area contributed by atoms with Gasteiger partial charge in [-0.25, -0.2) is 0 Å². The van der Waals surface area contributed by atoms with Crippen molar-refractivity contribution in [3.63, 3.8) is 0 Å². The van der Waals surface area contributed by atoms with Crippen LogP contribution in [0.5, 0.6) is 0 Å². The number of ketones is 1. The molecule has 0 aromatic heterocycles. The van der Waals surface area contributed by atoms with Crippen LogP contribution < -0.4 is 0 Å². The molecule has 0 aliphatic heterocycles. The maximum absolute atomic E-state index is 11.4. The van der Waals surface area contributed by atoms with Gasteiger partial charge in [0.1, 0.15) is 5.78 Å². The van der Waals surface area contributed by atoms with Gasteiger partial charge in [-0.2, -0.15) is 0 Å². The van der Waals surface area contributed by atoms with Gasteiger partial charge in [-0.05, 0) is 25.2 Å². The SMILES string of the molecule is C[C@]12CC[C@H](CC1=O)C[C@H]2O. The first-order valence-electron chi connectivity index (χ1n) is 4.34. The van der Waals surface area contributed by atoms with E-state index in [1.165, 1.54) is 0 Å². The molecular formula is C9H14O2. The van der Waals surface area contributed by atoms with E-state index in [1.807, 2.05) is 6.92 Å². The van der Waals surface area contributed by atoms with Gasteiger partial charge in [-0.1, -0.05) is 6.92 Å². The second kappa shape index (κ2) is 2.07. The highest BCUT2D eigenvalue weighted by Gasteiger charge is 2.49. The fourth-order valence-electron chi connectivity index (χ4n) is 2.37. The molecule has 0 saturated heterocycles. The van der Waals surface area contributed by atoms with Crippen LogP contribution >= 0.6 is 0 Å². The Morgan fingerprint density at radius 2 is 2.36 bits per heavy atom. The van der Waals surface area contributed by atoms with Crippen molar-refractivity contribution < 1.29 is 9.90 Å². The lowest BCUT2D eigenvalue weighted by Gasteiger charge is -2.46. The Kier molecular flexibility index (Phi) is 1.37. The zero-order valence-corrected chi connectivity index (χ0v) is 6.84. The van der Waals surface area contributed by atoms with Crippen molar-refractivity contribution in [1.29, 1.82) is 0 Å². The van der Waals surface area contributed by atoms with Gasteiger partial charge in [0.25, 0.3) is 0 Å². The summed E-state index contributed by atoms with van der Waals surface area (Å²) in [5.74, 6) is 0.770. The lowest BCUT2D eigenvalue weighted by molar-refractivity contribution is -0.149. The summed E-state index contributed by atoms with van der Waals surface area (Å²) < 4.78 is 0. The number of aliphatic hydroxyl groups is 1. The molecule has 62 valence electrons. The summed E-state index contributed by atoms with van der Waals surface area (Å²) in [5.41, 5.74) is -0.380. The molecule has 2 heteroatoms. The number of Topliss-reactive ketones (excluding diaryl/α,β-unsaturated/α-hetero) is 1. The van der Waals surface area contributed by atoms with E-state index in [4.69, 9.17) is 0 Å². The molecule has 0 unspecified atom stereocenters. The molecule has 2 bridgehead atoms.